The van der Waals surface area contributed by atoms with Gasteiger partial charge in [0, 0.05) is 47.6 Å². The van der Waals surface area contributed by atoms with Gasteiger partial charge in [-0.25, -0.2) is 0 Å². The third kappa shape index (κ3) is 4.28. The number of hydrogen-bond acceptors (Lipinski definition) is 4. The summed E-state index contributed by atoms with van der Waals surface area (Å²) in [7, 11) is 0. The van der Waals surface area contributed by atoms with Gasteiger partial charge in [-0.2, -0.15) is 0 Å². The Hall–Kier alpha value is -3.60. The maximum Gasteiger partial charge on any atom is 0.0896 e. The highest BCUT2D eigenvalue weighted by Crippen LogP contribution is 2.50. The van der Waals surface area contributed by atoms with Crippen molar-refractivity contribution >= 4 is 11.4 Å². The van der Waals surface area contributed by atoms with Gasteiger partial charge in [-0.1, -0.05) is 97.1 Å². The molecule has 4 aromatic carbocycles. The van der Waals surface area contributed by atoms with E-state index in [2.05, 4.69) is 120 Å². The number of rotatable bonds is 2. The van der Waals surface area contributed by atoms with Crippen LogP contribution in [0.15, 0.2) is 109 Å². The number of ether oxygens (including phenoxy) is 2. The number of benzene rings is 4. The van der Waals surface area contributed by atoms with Gasteiger partial charge in [0.05, 0.1) is 24.3 Å². The molecule has 0 amide bonds. The molecule has 192 valence electrons. The van der Waals surface area contributed by atoms with Crippen LogP contribution in [0.2, 0.25) is 0 Å². The number of nitrogens with one attached hydrogen (secondary N) is 2. The first kappa shape index (κ1) is 23.5. The van der Waals surface area contributed by atoms with Crippen LogP contribution in [0.5, 0.6) is 0 Å². The van der Waals surface area contributed by atoms with Crippen molar-refractivity contribution in [2.75, 3.05) is 23.8 Å². The van der Waals surface area contributed by atoms with Crippen molar-refractivity contribution in [1.82, 2.24) is 0 Å². The summed E-state index contributed by atoms with van der Waals surface area (Å²) in [6, 6.07) is 39.2. The molecule has 0 saturated carbocycles. The predicted molar refractivity (Wildman–Crippen MR) is 152 cm³/mol. The zero-order valence-electron chi connectivity index (χ0n) is 21.5. The molecule has 0 unspecified atom stereocenters. The lowest BCUT2D eigenvalue weighted by Crippen LogP contribution is -2.29. The van der Waals surface area contributed by atoms with E-state index in [1.807, 2.05) is 0 Å². The normalized spacial score (nSPS) is 28.3. The molecule has 2 fully saturated rings. The summed E-state index contributed by atoms with van der Waals surface area (Å²) in [5, 5.41) is 7.41. The summed E-state index contributed by atoms with van der Waals surface area (Å²) in [6.07, 6.45) is 2.77. The summed E-state index contributed by atoms with van der Waals surface area (Å²) in [5.41, 5.74) is 7.79. The van der Waals surface area contributed by atoms with Crippen LogP contribution in [-0.4, -0.2) is 13.2 Å². The fourth-order valence-electron chi connectivity index (χ4n) is 6.82. The molecule has 8 rings (SSSR count). The lowest BCUT2D eigenvalue weighted by atomic mass is 9.81. The van der Waals surface area contributed by atoms with Crippen LogP contribution in [-0.2, 0) is 9.47 Å². The molecule has 0 aromatic heterocycles. The van der Waals surface area contributed by atoms with Crippen molar-refractivity contribution in [2.24, 2.45) is 11.8 Å². The van der Waals surface area contributed by atoms with Crippen molar-refractivity contribution in [3.05, 3.63) is 131 Å². The summed E-state index contributed by atoms with van der Waals surface area (Å²) in [6.45, 7) is 1.74. The number of anilines is 2. The van der Waals surface area contributed by atoms with Gasteiger partial charge >= 0.3 is 0 Å². The molecule has 38 heavy (non-hydrogen) atoms. The molecule has 0 radical (unpaired) electrons. The Morgan fingerprint density at radius 2 is 0.868 bits per heavy atom. The molecule has 4 aliphatic rings. The average molecular weight is 503 g/mol. The summed E-state index contributed by atoms with van der Waals surface area (Å²) < 4.78 is 12.0. The molecular weight excluding hydrogens is 468 g/mol. The van der Waals surface area contributed by atoms with Crippen LogP contribution in [0.3, 0.4) is 0 Å². The first-order valence-corrected chi connectivity index (χ1v) is 13.9. The zero-order chi connectivity index (χ0) is 25.3. The third-order valence-electron chi connectivity index (χ3n) is 8.61. The molecule has 0 bridgehead atoms. The SMILES string of the molecule is c1ccc([C@@H]2Nc3ccccc3[C@@H]3OCC[C@H]23)cc1.c1ccc([C@H]2Nc3ccccc3[C@H]3OCC[C@@H]23)cc1. The molecule has 4 nitrogen and oxygen atoms in total. The lowest BCUT2D eigenvalue weighted by molar-refractivity contribution is 0.0828. The fourth-order valence-corrected chi connectivity index (χ4v) is 6.82. The Kier molecular flexibility index (Phi) is 6.36. The van der Waals surface area contributed by atoms with Crippen LogP contribution in [0.25, 0.3) is 0 Å². The standard InChI is InChI=1S/2C17H17NO/c2*1-2-6-12(7-3-1)16-14-10-11-19-17(14)13-8-4-5-9-15(13)18-16/h2*1-9,14,16-18H,10-11H2/t2*14-,16+,17+/m10/s1. The molecule has 6 atom stereocenters. The van der Waals surface area contributed by atoms with E-state index in [4.69, 9.17) is 9.47 Å². The Bertz CT molecular complexity index is 1270. The minimum absolute atomic E-state index is 0.252. The monoisotopic (exact) mass is 502 g/mol. The maximum absolute atomic E-state index is 6.00. The fraction of sp³-hybridized carbons (Fsp3) is 0.294. The van der Waals surface area contributed by atoms with E-state index in [1.165, 1.54) is 33.6 Å². The molecule has 4 aliphatic heterocycles. The summed E-state index contributed by atoms with van der Waals surface area (Å²) >= 11 is 0. The van der Waals surface area contributed by atoms with Crippen LogP contribution >= 0.6 is 0 Å². The predicted octanol–water partition coefficient (Wildman–Crippen LogP) is 7.86. The smallest absolute Gasteiger partial charge is 0.0896 e. The molecule has 4 heteroatoms. The minimum Gasteiger partial charge on any atom is -0.378 e. The van der Waals surface area contributed by atoms with Crippen molar-refractivity contribution in [3.8, 4) is 0 Å². The van der Waals surface area contributed by atoms with Crippen LogP contribution in [0, 0.1) is 11.8 Å². The van der Waals surface area contributed by atoms with Gasteiger partial charge in [-0.15, -0.1) is 0 Å². The first-order valence-electron chi connectivity index (χ1n) is 13.9. The highest BCUT2D eigenvalue weighted by Gasteiger charge is 2.42. The van der Waals surface area contributed by atoms with Crippen molar-refractivity contribution in [3.63, 3.8) is 0 Å². The Morgan fingerprint density at radius 1 is 0.474 bits per heavy atom. The number of fused-ring (bicyclic) bond motifs is 6. The number of hydrogen-bond donors (Lipinski definition) is 2. The second-order valence-electron chi connectivity index (χ2n) is 10.7. The van der Waals surface area contributed by atoms with E-state index < -0.39 is 0 Å². The van der Waals surface area contributed by atoms with Gasteiger partial charge in [0.1, 0.15) is 0 Å². The first-order chi connectivity index (χ1) is 18.9. The molecule has 4 heterocycles. The number of para-hydroxylation sites is 2. The minimum atomic E-state index is 0.252. The highest BCUT2D eigenvalue weighted by molar-refractivity contribution is 5.58. The van der Waals surface area contributed by atoms with E-state index in [-0.39, 0.29) is 12.2 Å². The molecular formula is C34H34N2O2. The van der Waals surface area contributed by atoms with Gasteiger partial charge in [0.2, 0.25) is 0 Å². The molecule has 0 spiro atoms. The summed E-state index contributed by atoms with van der Waals surface area (Å²) in [4.78, 5) is 0. The summed E-state index contributed by atoms with van der Waals surface area (Å²) in [5.74, 6) is 1.08. The van der Waals surface area contributed by atoms with Gasteiger partial charge < -0.3 is 20.1 Å². The second-order valence-corrected chi connectivity index (χ2v) is 10.7. The Balaban J connectivity index is 0.000000127. The highest BCUT2D eigenvalue weighted by atomic mass is 16.5. The molecule has 0 aliphatic carbocycles. The average Bonchev–Trinajstić information content (AvgIpc) is 3.69. The van der Waals surface area contributed by atoms with Gasteiger partial charge in [0.25, 0.3) is 0 Å². The third-order valence-corrected chi connectivity index (χ3v) is 8.61. The Labute approximate surface area is 225 Å². The molecule has 4 aromatic rings. The van der Waals surface area contributed by atoms with Gasteiger partial charge in [-0.3, -0.25) is 0 Å². The Morgan fingerprint density at radius 3 is 1.32 bits per heavy atom. The lowest BCUT2D eigenvalue weighted by Gasteiger charge is -2.36. The van der Waals surface area contributed by atoms with Crippen molar-refractivity contribution < 1.29 is 9.47 Å². The van der Waals surface area contributed by atoms with Crippen molar-refractivity contribution in [1.29, 1.82) is 0 Å². The second kappa shape index (κ2) is 10.3. The van der Waals surface area contributed by atoms with Gasteiger partial charge in [-0.05, 0) is 36.1 Å². The van der Waals surface area contributed by atoms with E-state index in [0.717, 1.165) is 26.1 Å². The zero-order valence-corrected chi connectivity index (χ0v) is 21.5. The quantitative estimate of drug-likeness (QED) is 0.293. The topological polar surface area (TPSA) is 42.5 Å². The van der Waals surface area contributed by atoms with Crippen LogP contribution in [0.1, 0.15) is 59.4 Å². The van der Waals surface area contributed by atoms with Crippen LogP contribution in [0.4, 0.5) is 11.4 Å². The van der Waals surface area contributed by atoms with E-state index in [0.29, 0.717) is 23.9 Å². The molecule has 2 saturated heterocycles. The van der Waals surface area contributed by atoms with E-state index in [1.54, 1.807) is 0 Å². The largest absolute Gasteiger partial charge is 0.378 e. The van der Waals surface area contributed by atoms with Gasteiger partial charge in [0.15, 0.2) is 0 Å². The molecule has 2 N–H and O–H groups in total. The van der Waals surface area contributed by atoms with E-state index >= 15 is 0 Å². The van der Waals surface area contributed by atoms with Crippen LogP contribution < -0.4 is 10.6 Å². The van der Waals surface area contributed by atoms with E-state index in [9.17, 15) is 0 Å². The van der Waals surface area contributed by atoms with Crippen molar-refractivity contribution in [2.45, 2.75) is 37.1 Å². The maximum atomic E-state index is 6.00.